The van der Waals surface area contributed by atoms with E-state index in [1.807, 2.05) is 38.1 Å². The summed E-state index contributed by atoms with van der Waals surface area (Å²) in [4.78, 5) is 14.1. The lowest BCUT2D eigenvalue weighted by Crippen LogP contribution is -2.24. The molecule has 0 saturated carbocycles. The number of nitrogens with one attached hydrogen (secondary N) is 1. The highest BCUT2D eigenvalue weighted by atomic mass is 16.5. The maximum absolute atomic E-state index is 11.8. The molecule has 1 aliphatic rings. The van der Waals surface area contributed by atoms with E-state index >= 15 is 0 Å². The average molecular weight is 302 g/mol. The lowest BCUT2D eigenvalue weighted by molar-refractivity contribution is -0.116. The molecule has 0 unspecified atom stereocenters. The van der Waals surface area contributed by atoms with Crippen LogP contribution >= 0.6 is 0 Å². The minimum absolute atomic E-state index is 0.0186. The summed E-state index contributed by atoms with van der Waals surface area (Å²) in [5.74, 6) is 0.905. The van der Waals surface area contributed by atoms with Crippen LogP contribution in [0.25, 0.3) is 0 Å². The molecule has 0 atom stereocenters. The van der Waals surface area contributed by atoms with Crippen molar-refractivity contribution in [2.75, 3.05) is 26.7 Å². The van der Waals surface area contributed by atoms with Gasteiger partial charge in [0.1, 0.15) is 5.75 Å². The van der Waals surface area contributed by atoms with Gasteiger partial charge in [-0.25, -0.2) is 0 Å². The molecular formula is C18H26N2O2. The molecule has 1 aliphatic heterocycles. The van der Waals surface area contributed by atoms with E-state index in [2.05, 4.69) is 17.3 Å². The summed E-state index contributed by atoms with van der Waals surface area (Å²) in [6.07, 6.45) is 3.77. The van der Waals surface area contributed by atoms with Gasteiger partial charge in [0.15, 0.2) is 0 Å². The van der Waals surface area contributed by atoms with Crippen molar-refractivity contribution < 1.29 is 9.53 Å². The molecule has 1 aromatic carbocycles. The number of amides is 1. The van der Waals surface area contributed by atoms with Crippen LogP contribution in [0.15, 0.2) is 35.9 Å². The number of nitrogens with zero attached hydrogens (tertiary/aromatic N) is 1. The third kappa shape index (κ3) is 5.53. The smallest absolute Gasteiger partial charge is 0.243 e. The second kappa shape index (κ2) is 7.99. The van der Waals surface area contributed by atoms with E-state index in [1.54, 1.807) is 6.08 Å². The molecule has 1 heterocycles. The Morgan fingerprint density at radius 2 is 2.09 bits per heavy atom. The molecule has 120 valence electrons. The fourth-order valence-corrected chi connectivity index (χ4v) is 2.53. The third-order valence-corrected chi connectivity index (χ3v) is 3.63. The number of hydrogen-bond donors (Lipinski definition) is 1. The van der Waals surface area contributed by atoms with Gasteiger partial charge in [-0.2, -0.15) is 0 Å². The molecule has 0 aliphatic carbocycles. The first-order valence-electron chi connectivity index (χ1n) is 7.94. The molecule has 22 heavy (non-hydrogen) atoms. The summed E-state index contributed by atoms with van der Waals surface area (Å²) in [6, 6.07) is 8.06. The molecule has 2 rings (SSSR count). The predicted molar refractivity (Wildman–Crippen MR) is 89.1 cm³/mol. The Kier molecular flexibility index (Phi) is 6.01. The van der Waals surface area contributed by atoms with Gasteiger partial charge in [-0.15, -0.1) is 0 Å². The molecule has 1 amide bonds. The van der Waals surface area contributed by atoms with Gasteiger partial charge in [-0.1, -0.05) is 12.1 Å². The number of carbonyl (C=O) groups is 1. The zero-order valence-electron chi connectivity index (χ0n) is 13.8. The first-order chi connectivity index (χ1) is 10.5. The third-order valence-electron chi connectivity index (χ3n) is 3.63. The SMILES string of the molecule is CC(C)Oc1ccc(CCNC(=O)C=C2CCN(C)C2)cc1. The molecule has 1 fully saturated rings. The fourth-order valence-electron chi connectivity index (χ4n) is 2.53. The average Bonchev–Trinajstić information content (AvgIpc) is 2.85. The number of hydrogen-bond acceptors (Lipinski definition) is 3. The number of ether oxygens (including phenoxy) is 1. The molecule has 0 radical (unpaired) electrons. The van der Waals surface area contributed by atoms with Crippen LogP contribution < -0.4 is 10.1 Å². The number of carbonyl (C=O) groups excluding carboxylic acids is 1. The molecule has 0 bridgehead atoms. The van der Waals surface area contributed by atoms with Gasteiger partial charge < -0.3 is 15.0 Å². The van der Waals surface area contributed by atoms with Crippen molar-refractivity contribution in [1.82, 2.24) is 10.2 Å². The van der Waals surface area contributed by atoms with Crippen molar-refractivity contribution in [1.29, 1.82) is 0 Å². The summed E-state index contributed by atoms with van der Waals surface area (Å²) in [5, 5.41) is 2.95. The summed E-state index contributed by atoms with van der Waals surface area (Å²) in [5.41, 5.74) is 2.42. The largest absolute Gasteiger partial charge is 0.491 e. The Labute approximate surface area is 133 Å². The summed E-state index contributed by atoms with van der Waals surface area (Å²) in [6.45, 7) is 6.64. The maximum Gasteiger partial charge on any atom is 0.243 e. The van der Waals surface area contributed by atoms with E-state index in [4.69, 9.17) is 4.74 Å². The van der Waals surface area contributed by atoms with Crippen molar-refractivity contribution in [2.45, 2.75) is 32.8 Å². The minimum Gasteiger partial charge on any atom is -0.491 e. The second-order valence-electron chi connectivity index (χ2n) is 6.14. The van der Waals surface area contributed by atoms with Gasteiger partial charge in [0.25, 0.3) is 0 Å². The van der Waals surface area contributed by atoms with E-state index in [9.17, 15) is 4.79 Å². The second-order valence-corrected chi connectivity index (χ2v) is 6.14. The highest BCUT2D eigenvalue weighted by molar-refractivity contribution is 5.88. The predicted octanol–water partition coefficient (Wildman–Crippen LogP) is 2.39. The topological polar surface area (TPSA) is 41.6 Å². The summed E-state index contributed by atoms with van der Waals surface area (Å²) in [7, 11) is 2.07. The van der Waals surface area contributed by atoms with E-state index in [-0.39, 0.29) is 12.0 Å². The van der Waals surface area contributed by atoms with Gasteiger partial charge in [0.2, 0.25) is 5.91 Å². The first kappa shape index (κ1) is 16.6. The highest BCUT2D eigenvalue weighted by Crippen LogP contribution is 2.14. The van der Waals surface area contributed by atoms with Crippen LogP contribution in [0.1, 0.15) is 25.8 Å². The van der Waals surface area contributed by atoms with Crippen molar-refractivity contribution in [2.24, 2.45) is 0 Å². The molecule has 4 nitrogen and oxygen atoms in total. The van der Waals surface area contributed by atoms with E-state index in [0.29, 0.717) is 6.54 Å². The fraction of sp³-hybridized carbons (Fsp3) is 0.500. The molecule has 0 spiro atoms. The van der Waals surface area contributed by atoms with Crippen LogP contribution in [0.5, 0.6) is 5.75 Å². The van der Waals surface area contributed by atoms with Crippen molar-refractivity contribution >= 4 is 5.91 Å². The van der Waals surface area contributed by atoms with Gasteiger partial charge in [-0.3, -0.25) is 4.79 Å². The Hall–Kier alpha value is -1.81. The normalized spacial score (nSPS) is 17.2. The minimum atomic E-state index is 0.0186. The molecule has 4 heteroatoms. The van der Waals surface area contributed by atoms with Crippen LogP contribution in [-0.2, 0) is 11.2 Å². The van der Waals surface area contributed by atoms with Gasteiger partial charge in [0.05, 0.1) is 6.10 Å². The van der Waals surface area contributed by atoms with Crippen LogP contribution in [-0.4, -0.2) is 43.6 Å². The number of likely N-dealkylation sites (N-methyl/N-ethyl adjacent to an activating group) is 1. The Bertz CT molecular complexity index is 520. The molecule has 0 aromatic heterocycles. The Morgan fingerprint density at radius 1 is 1.36 bits per heavy atom. The first-order valence-corrected chi connectivity index (χ1v) is 7.94. The Balaban J connectivity index is 1.73. The Morgan fingerprint density at radius 3 is 2.68 bits per heavy atom. The van der Waals surface area contributed by atoms with Crippen LogP contribution in [0.2, 0.25) is 0 Å². The molecule has 1 N–H and O–H groups in total. The maximum atomic E-state index is 11.8. The highest BCUT2D eigenvalue weighted by Gasteiger charge is 2.13. The van der Waals surface area contributed by atoms with Crippen LogP contribution in [0.4, 0.5) is 0 Å². The molecule has 1 aromatic rings. The van der Waals surface area contributed by atoms with Crippen LogP contribution in [0, 0.1) is 0 Å². The van der Waals surface area contributed by atoms with Crippen molar-refractivity contribution in [3.63, 3.8) is 0 Å². The van der Waals surface area contributed by atoms with Gasteiger partial charge in [-0.05, 0) is 57.0 Å². The summed E-state index contributed by atoms with van der Waals surface area (Å²) >= 11 is 0. The standard InChI is InChI=1S/C18H26N2O2/c1-14(2)22-17-6-4-15(5-7-17)8-10-19-18(21)12-16-9-11-20(3)13-16/h4-7,12,14H,8-11,13H2,1-3H3,(H,19,21). The molecular weight excluding hydrogens is 276 g/mol. The van der Waals surface area contributed by atoms with Crippen molar-refractivity contribution in [3.8, 4) is 5.75 Å². The van der Waals surface area contributed by atoms with E-state index in [0.717, 1.165) is 31.7 Å². The zero-order chi connectivity index (χ0) is 15.9. The number of likely N-dealkylation sites (tertiary alicyclic amines) is 1. The lowest BCUT2D eigenvalue weighted by Gasteiger charge is -2.10. The number of rotatable bonds is 6. The van der Waals surface area contributed by atoms with Gasteiger partial charge >= 0.3 is 0 Å². The number of benzene rings is 1. The lowest BCUT2D eigenvalue weighted by atomic mass is 10.1. The van der Waals surface area contributed by atoms with Crippen LogP contribution in [0.3, 0.4) is 0 Å². The van der Waals surface area contributed by atoms with E-state index in [1.165, 1.54) is 11.1 Å². The quantitative estimate of drug-likeness (QED) is 0.821. The molecule has 1 saturated heterocycles. The summed E-state index contributed by atoms with van der Waals surface area (Å²) < 4.78 is 5.61. The van der Waals surface area contributed by atoms with Gasteiger partial charge in [0, 0.05) is 25.7 Å². The van der Waals surface area contributed by atoms with E-state index < -0.39 is 0 Å². The monoisotopic (exact) mass is 302 g/mol. The zero-order valence-corrected chi connectivity index (χ0v) is 13.8. The van der Waals surface area contributed by atoms with Crippen molar-refractivity contribution in [3.05, 3.63) is 41.5 Å².